The third-order valence-corrected chi connectivity index (χ3v) is 5.20. The standard InChI is InChI=1S/C15H26N2O/c18-15-7-6-13-10-16-9-8-14(13)17(15)11-12-4-2-1-3-5-12/h12-14,16H,1-11H2/t13-,14+/m1/s1. The number of piperidine rings is 2. The smallest absolute Gasteiger partial charge is 0.222 e. The molecule has 2 heterocycles. The van der Waals surface area contributed by atoms with Crippen LogP contribution in [-0.2, 0) is 4.79 Å². The Labute approximate surface area is 110 Å². The maximum absolute atomic E-state index is 12.2. The molecule has 2 aliphatic heterocycles. The number of carbonyl (C=O) groups excluding carboxylic acids is 1. The zero-order valence-corrected chi connectivity index (χ0v) is 11.4. The highest BCUT2D eigenvalue weighted by Gasteiger charge is 2.37. The van der Waals surface area contributed by atoms with E-state index in [4.69, 9.17) is 0 Å². The highest BCUT2D eigenvalue weighted by atomic mass is 16.2. The van der Waals surface area contributed by atoms with Crippen molar-refractivity contribution in [2.75, 3.05) is 19.6 Å². The van der Waals surface area contributed by atoms with Gasteiger partial charge in [-0.15, -0.1) is 0 Å². The average molecular weight is 250 g/mol. The van der Waals surface area contributed by atoms with Crippen molar-refractivity contribution < 1.29 is 4.79 Å². The van der Waals surface area contributed by atoms with Gasteiger partial charge in [0.15, 0.2) is 0 Å². The molecule has 3 heteroatoms. The molecule has 102 valence electrons. The number of amides is 1. The predicted molar refractivity (Wildman–Crippen MR) is 72.3 cm³/mol. The van der Waals surface area contributed by atoms with Crippen molar-refractivity contribution in [2.24, 2.45) is 11.8 Å². The summed E-state index contributed by atoms with van der Waals surface area (Å²) in [6.07, 6.45) is 9.92. The molecule has 3 fully saturated rings. The lowest BCUT2D eigenvalue weighted by Gasteiger charge is -2.45. The highest BCUT2D eigenvalue weighted by molar-refractivity contribution is 5.77. The van der Waals surface area contributed by atoms with Gasteiger partial charge in [0.2, 0.25) is 5.91 Å². The first kappa shape index (κ1) is 12.5. The number of fused-ring (bicyclic) bond motifs is 1. The van der Waals surface area contributed by atoms with Crippen LogP contribution in [0.15, 0.2) is 0 Å². The van der Waals surface area contributed by atoms with Crippen LogP contribution >= 0.6 is 0 Å². The molecule has 3 rings (SSSR count). The molecular formula is C15H26N2O. The normalized spacial score (nSPS) is 34.4. The molecule has 0 bridgehead atoms. The third kappa shape index (κ3) is 2.56. The molecule has 0 aromatic heterocycles. The molecule has 3 aliphatic rings. The Bertz CT molecular complexity index is 299. The van der Waals surface area contributed by atoms with Crippen molar-refractivity contribution in [1.82, 2.24) is 10.2 Å². The Morgan fingerprint density at radius 1 is 1.11 bits per heavy atom. The summed E-state index contributed by atoms with van der Waals surface area (Å²) in [5.74, 6) is 1.94. The summed E-state index contributed by atoms with van der Waals surface area (Å²) in [4.78, 5) is 14.5. The molecule has 0 spiro atoms. The molecule has 2 saturated heterocycles. The molecule has 0 aromatic carbocycles. The first-order valence-electron chi connectivity index (χ1n) is 7.85. The summed E-state index contributed by atoms with van der Waals surface area (Å²) in [6.45, 7) is 3.27. The second-order valence-corrected chi connectivity index (χ2v) is 6.41. The number of hydrogen-bond acceptors (Lipinski definition) is 2. The lowest BCUT2D eigenvalue weighted by atomic mass is 9.82. The lowest BCUT2D eigenvalue weighted by molar-refractivity contribution is -0.140. The Morgan fingerprint density at radius 3 is 2.78 bits per heavy atom. The van der Waals surface area contributed by atoms with Gasteiger partial charge in [0.1, 0.15) is 0 Å². The second kappa shape index (κ2) is 5.60. The fourth-order valence-electron chi connectivity index (χ4n) is 4.14. The van der Waals surface area contributed by atoms with Crippen LogP contribution in [0.3, 0.4) is 0 Å². The maximum Gasteiger partial charge on any atom is 0.222 e. The largest absolute Gasteiger partial charge is 0.339 e. The van der Waals surface area contributed by atoms with Crippen molar-refractivity contribution in [2.45, 2.75) is 57.4 Å². The second-order valence-electron chi connectivity index (χ2n) is 6.41. The Balaban J connectivity index is 1.64. The SMILES string of the molecule is O=C1CC[C@@H]2CNCC[C@@H]2N1CC1CCCCC1. The fraction of sp³-hybridized carbons (Fsp3) is 0.933. The van der Waals surface area contributed by atoms with E-state index in [1.54, 1.807) is 0 Å². The third-order valence-electron chi connectivity index (χ3n) is 5.20. The van der Waals surface area contributed by atoms with Crippen LogP contribution in [0.2, 0.25) is 0 Å². The van der Waals surface area contributed by atoms with Gasteiger partial charge >= 0.3 is 0 Å². The molecule has 1 saturated carbocycles. The van der Waals surface area contributed by atoms with Crippen LogP contribution in [-0.4, -0.2) is 36.5 Å². The molecule has 2 atom stereocenters. The summed E-state index contributed by atoms with van der Waals surface area (Å²) >= 11 is 0. The van der Waals surface area contributed by atoms with E-state index in [0.717, 1.165) is 44.3 Å². The van der Waals surface area contributed by atoms with Gasteiger partial charge in [-0.2, -0.15) is 0 Å². The highest BCUT2D eigenvalue weighted by Crippen LogP contribution is 2.32. The number of rotatable bonds is 2. The molecule has 3 nitrogen and oxygen atoms in total. The van der Waals surface area contributed by atoms with Crippen molar-refractivity contribution in [3.63, 3.8) is 0 Å². The zero-order chi connectivity index (χ0) is 12.4. The van der Waals surface area contributed by atoms with E-state index in [9.17, 15) is 4.79 Å². The van der Waals surface area contributed by atoms with Crippen LogP contribution < -0.4 is 5.32 Å². The van der Waals surface area contributed by atoms with E-state index in [2.05, 4.69) is 10.2 Å². The van der Waals surface area contributed by atoms with Crippen LogP contribution in [0.4, 0.5) is 0 Å². The van der Waals surface area contributed by atoms with Gasteiger partial charge in [-0.3, -0.25) is 4.79 Å². The Hall–Kier alpha value is -0.570. The minimum absolute atomic E-state index is 0.434. The summed E-state index contributed by atoms with van der Waals surface area (Å²) in [7, 11) is 0. The minimum Gasteiger partial charge on any atom is -0.339 e. The number of nitrogens with zero attached hydrogens (tertiary/aromatic N) is 1. The monoisotopic (exact) mass is 250 g/mol. The Kier molecular flexibility index (Phi) is 3.88. The van der Waals surface area contributed by atoms with E-state index in [-0.39, 0.29) is 0 Å². The summed E-state index contributed by atoms with van der Waals surface area (Å²) < 4.78 is 0. The Morgan fingerprint density at radius 2 is 1.94 bits per heavy atom. The van der Waals surface area contributed by atoms with Gasteiger partial charge in [0.05, 0.1) is 0 Å². The van der Waals surface area contributed by atoms with Gasteiger partial charge in [0, 0.05) is 19.0 Å². The van der Waals surface area contributed by atoms with Crippen LogP contribution in [0.1, 0.15) is 51.4 Å². The van der Waals surface area contributed by atoms with Crippen LogP contribution in [0.25, 0.3) is 0 Å². The molecule has 1 amide bonds. The van der Waals surface area contributed by atoms with E-state index in [1.807, 2.05) is 0 Å². The first-order chi connectivity index (χ1) is 8.84. The number of nitrogens with one attached hydrogen (secondary N) is 1. The van der Waals surface area contributed by atoms with Crippen LogP contribution in [0.5, 0.6) is 0 Å². The van der Waals surface area contributed by atoms with Crippen molar-refractivity contribution >= 4 is 5.91 Å². The predicted octanol–water partition coefficient (Wildman–Crippen LogP) is 2.17. The molecule has 0 radical (unpaired) electrons. The number of carbonyl (C=O) groups is 1. The van der Waals surface area contributed by atoms with Crippen molar-refractivity contribution in [3.05, 3.63) is 0 Å². The molecule has 1 aliphatic carbocycles. The average Bonchev–Trinajstić information content (AvgIpc) is 2.43. The number of hydrogen-bond donors (Lipinski definition) is 1. The fourth-order valence-corrected chi connectivity index (χ4v) is 4.14. The number of likely N-dealkylation sites (tertiary alicyclic amines) is 1. The quantitative estimate of drug-likeness (QED) is 0.814. The molecule has 0 unspecified atom stereocenters. The van der Waals surface area contributed by atoms with E-state index < -0.39 is 0 Å². The summed E-state index contributed by atoms with van der Waals surface area (Å²) in [5, 5.41) is 3.48. The van der Waals surface area contributed by atoms with E-state index >= 15 is 0 Å². The molecular weight excluding hydrogens is 224 g/mol. The van der Waals surface area contributed by atoms with Gasteiger partial charge in [-0.1, -0.05) is 19.3 Å². The van der Waals surface area contributed by atoms with Crippen LogP contribution in [0, 0.1) is 11.8 Å². The lowest BCUT2D eigenvalue weighted by Crippen LogP contribution is -2.56. The zero-order valence-electron chi connectivity index (χ0n) is 11.4. The van der Waals surface area contributed by atoms with Gasteiger partial charge in [-0.05, 0) is 50.6 Å². The molecule has 18 heavy (non-hydrogen) atoms. The topological polar surface area (TPSA) is 32.3 Å². The van der Waals surface area contributed by atoms with Gasteiger partial charge in [0.25, 0.3) is 0 Å². The maximum atomic E-state index is 12.2. The summed E-state index contributed by atoms with van der Waals surface area (Å²) in [5.41, 5.74) is 0. The molecule has 0 aromatic rings. The van der Waals surface area contributed by atoms with Crippen molar-refractivity contribution in [1.29, 1.82) is 0 Å². The first-order valence-corrected chi connectivity index (χ1v) is 7.85. The minimum atomic E-state index is 0.434. The van der Waals surface area contributed by atoms with E-state index in [0.29, 0.717) is 11.9 Å². The van der Waals surface area contributed by atoms with Gasteiger partial charge in [-0.25, -0.2) is 0 Å². The van der Waals surface area contributed by atoms with Crippen molar-refractivity contribution in [3.8, 4) is 0 Å². The molecule has 1 N–H and O–H groups in total. The van der Waals surface area contributed by atoms with E-state index in [1.165, 1.54) is 38.5 Å². The summed E-state index contributed by atoms with van der Waals surface area (Å²) in [6, 6.07) is 0.550. The van der Waals surface area contributed by atoms with Gasteiger partial charge < -0.3 is 10.2 Å².